The number of rotatable bonds is 7. The van der Waals surface area contributed by atoms with Crippen LogP contribution in [-0.4, -0.2) is 35.6 Å². The third-order valence-corrected chi connectivity index (χ3v) is 3.49. The molecule has 1 saturated carbocycles. The summed E-state index contributed by atoms with van der Waals surface area (Å²) in [5, 5.41) is 12.8. The highest BCUT2D eigenvalue weighted by molar-refractivity contribution is 5.08. The van der Waals surface area contributed by atoms with Gasteiger partial charge in [-0.15, -0.1) is 0 Å². The van der Waals surface area contributed by atoms with Crippen molar-refractivity contribution in [1.29, 1.82) is 5.26 Å². The molecule has 2 unspecified atom stereocenters. The summed E-state index contributed by atoms with van der Waals surface area (Å²) < 4.78 is 0. The van der Waals surface area contributed by atoms with E-state index in [1.54, 1.807) is 0 Å². The number of nitrogens with one attached hydrogen (secondary N) is 1. The molecular weight excluding hydrogens is 198 g/mol. The minimum atomic E-state index is -0.358. The van der Waals surface area contributed by atoms with Gasteiger partial charge in [-0.3, -0.25) is 5.32 Å². The molecule has 1 rings (SSSR count). The Labute approximate surface area is 99.8 Å². The Bertz CT molecular complexity index is 250. The summed E-state index contributed by atoms with van der Waals surface area (Å²) in [7, 11) is 0. The van der Waals surface area contributed by atoms with Gasteiger partial charge in [0.2, 0.25) is 0 Å². The molecule has 92 valence electrons. The molecule has 0 saturated heterocycles. The molecular formula is C13H25N3. The first kappa shape index (κ1) is 13.5. The molecule has 0 amide bonds. The summed E-state index contributed by atoms with van der Waals surface area (Å²) in [6.07, 6.45) is 3.37. The average Bonchev–Trinajstić information content (AvgIpc) is 3.03. The Kier molecular flexibility index (Phi) is 4.76. The molecule has 0 radical (unpaired) electrons. The molecule has 0 bridgehead atoms. The Morgan fingerprint density at radius 2 is 2.00 bits per heavy atom. The van der Waals surface area contributed by atoms with Crippen LogP contribution < -0.4 is 5.32 Å². The fourth-order valence-corrected chi connectivity index (χ4v) is 2.38. The molecule has 16 heavy (non-hydrogen) atoms. The van der Waals surface area contributed by atoms with Gasteiger partial charge in [0, 0.05) is 12.1 Å². The molecule has 0 spiro atoms. The molecule has 3 nitrogen and oxygen atoms in total. The Hall–Kier alpha value is -0.590. The van der Waals surface area contributed by atoms with Crippen LogP contribution in [0.1, 0.15) is 47.0 Å². The van der Waals surface area contributed by atoms with E-state index in [0.29, 0.717) is 12.1 Å². The minimum Gasteiger partial charge on any atom is -0.301 e. The molecule has 1 aliphatic rings. The van der Waals surface area contributed by atoms with E-state index in [9.17, 15) is 5.26 Å². The second-order valence-corrected chi connectivity index (χ2v) is 5.14. The van der Waals surface area contributed by atoms with E-state index in [1.807, 2.05) is 6.92 Å². The lowest BCUT2D eigenvalue weighted by Crippen LogP contribution is -2.48. The normalized spacial score (nSPS) is 21.5. The van der Waals surface area contributed by atoms with Crippen LogP contribution in [0.2, 0.25) is 0 Å². The van der Waals surface area contributed by atoms with Crippen molar-refractivity contribution in [3.8, 4) is 6.07 Å². The first-order chi connectivity index (χ1) is 7.54. The molecule has 0 aromatic heterocycles. The summed E-state index contributed by atoms with van der Waals surface area (Å²) in [4.78, 5) is 2.41. The van der Waals surface area contributed by atoms with Crippen LogP contribution in [0.25, 0.3) is 0 Å². The molecule has 0 aliphatic heterocycles. The molecule has 1 fully saturated rings. The van der Waals surface area contributed by atoms with Crippen LogP contribution in [0.15, 0.2) is 0 Å². The molecule has 2 atom stereocenters. The molecule has 0 aromatic carbocycles. The molecule has 1 N–H and O–H groups in total. The highest BCUT2D eigenvalue weighted by atomic mass is 15.1. The number of nitriles is 1. The van der Waals surface area contributed by atoms with Crippen molar-refractivity contribution in [2.45, 2.75) is 64.6 Å². The highest BCUT2D eigenvalue weighted by Crippen LogP contribution is 2.25. The fraction of sp³-hybridized carbons (Fsp3) is 0.923. The van der Waals surface area contributed by atoms with Gasteiger partial charge in [-0.1, -0.05) is 13.8 Å². The van der Waals surface area contributed by atoms with Crippen LogP contribution in [0.3, 0.4) is 0 Å². The van der Waals surface area contributed by atoms with Gasteiger partial charge in [-0.05, 0) is 46.2 Å². The summed E-state index contributed by atoms with van der Waals surface area (Å²) in [5.41, 5.74) is -0.358. The van der Waals surface area contributed by atoms with Gasteiger partial charge in [0.05, 0.1) is 6.07 Å². The maximum Gasteiger partial charge on any atom is 0.105 e. The maximum absolute atomic E-state index is 9.31. The zero-order chi connectivity index (χ0) is 12.2. The largest absolute Gasteiger partial charge is 0.301 e. The van der Waals surface area contributed by atoms with Crippen LogP contribution in [0, 0.1) is 11.3 Å². The van der Waals surface area contributed by atoms with Crippen molar-refractivity contribution >= 4 is 0 Å². The van der Waals surface area contributed by atoms with Crippen molar-refractivity contribution in [3.63, 3.8) is 0 Å². The quantitative estimate of drug-likeness (QED) is 0.718. The van der Waals surface area contributed by atoms with Gasteiger partial charge in [-0.25, -0.2) is 0 Å². The molecule has 0 aromatic rings. The Morgan fingerprint density at radius 3 is 2.38 bits per heavy atom. The average molecular weight is 223 g/mol. The van der Waals surface area contributed by atoms with Crippen LogP contribution in [0.4, 0.5) is 0 Å². The number of nitrogens with zero attached hydrogens (tertiary/aromatic N) is 2. The van der Waals surface area contributed by atoms with Gasteiger partial charge in [0.25, 0.3) is 0 Å². The van der Waals surface area contributed by atoms with E-state index < -0.39 is 0 Å². The Morgan fingerprint density at radius 1 is 1.44 bits per heavy atom. The van der Waals surface area contributed by atoms with Crippen molar-refractivity contribution < 1.29 is 0 Å². The minimum absolute atomic E-state index is 0.358. The van der Waals surface area contributed by atoms with Gasteiger partial charge in [0.1, 0.15) is 5.54 Å². The van der Waals surface area contributed by atoms with E-state index in [0.717, 1.165) is 19.5 Å². The number of hydrogen-bond acceptors (Lipinski definition) is 3. The summed E-state index contributed by atoms with van der Waals surface area (Å²) in [6.45, 7) is 10.7. The fourth-order valence-electron chi connectivity index (χ4n) is 2.38. The zero-order valence-electron chi connectivity index (χ0n) is 11.1. The lowest BCUT2D eigenvalue weighted by atomic mass is 9.94. The topological polar surface area (TPSA) is 39.1 Å². The third-order valence-electron chi connectivity index (χ3n) is 3.49. The van der Waals surface area contributed by atoms with Crippen molar-refractivity contribution in [2.24, 2.45) is 0 Å². The highest BCUT2D eigenvalue weighted by Gasteiger charge is 2.34. The standard InChI is InChI=1S/C13H25N3/c1-5-16(6-2)11(3)9-13(4,10-14)15-12-7-8-12/h11-12,15H,5-9H2,1-4H3. The predicted molar refractivity (Wildman–Crippen MR) is 67.2 cm³/mol. The zero-order valence-corrected chi connectivity index (χ0v) is 11.1. The monoisotopic (exact) mass is 223 g/mol. The van der Waals surface area contributed by atoms with Crippen LogP contribution in [0.5, 0.6) is 0 Å². The van der Waals surface area contributed by atoms with Gasteiger partial charge in [0.15, 0.2) is 0 Å². The van der Waals surface area contributed by atoms with Crippen molar-refractivity contribution in [2.75, 3.05) is 13.1 Å². The van der Waals surface area contributed by atoms with Crippen molar-refractivity contribution in [3.05, 3.63) is 0 Å². The lowest BCUT2D eigenvalue weighted by molar-refractivity contribution is 0.192. The molecule has 1 aliphatic carbocycles. The summed E-state index contributed by atoms with van der Waals surface area (Å²) >= 11 is 0. The first-order valence-electron chi connectivity index (χ1n) is 6.47. The van der Waals surface area contributed by atoms with Gasteiger partial charge >= 0.3 is 0 Å². The number of hydrogen-bond donors (Lipinski definition) is 1. The molecule has 3 heteroatoms. The van der Waals surface area contributed by atoms with E-state index in [4.69, 9.17) is 0 Å². The second-order valence-electron chi connectivity index (χ2n) is 5.14. The second kappa shape index (κ2) is 5.65. The first-order valence-corrected chi connectivity index (χ1v) is 6.47. The molecule has 0 heterocycles. The summed E-state index contributed by atoms with van der Waals surface area (Å²) in [5.74, 6) is 0. The summed E-state index contributed by atoms with van der Waals surface area (Å²) in [6, 6.07) is 3.50. The van der Waals surface area contributed by atoms with Gasteiger partial charge < -0.3 is 4.90 Å². The smallest absolute Gasteiger partial charge is 0.105 e. The van der Waals surface area contributed by atoms with E-state index >= 15 is 0 Å². The van der Waals surface area contributed by atoms with Crippen LogP contribution >= 0.6 is 0 Å². The third kappa shape index (κ3) is 3.77. The van der Waals surface area contributed by atoms with Crippen LogP contribution in [-0.2, 0) is 0 Å². The van der Waals surface area contributed by atoms with E-state index in [-0.39, 0.29) is 5.54 Å². The maximum atomic E-state index is 9.31. The van der Waals surface area contributed by atoms with Gasteiger partial charge in [-0.2, -0.15) is 5.26 Å². The SMILES string of the molecule is CCN(CC)C(C)CC(C)(C#N)NC1CC1. The van der Waals surface area contributed by atoms with E-state index in [1.165, 1.54) is 12.8 Å². The lowest BCUT2D eigenvalue weighted by Gasteiger charge is -2.33. The Balaban J connectivity index is 2.50. The predicted octanol–water partition coefficient (Wildman–Crippen LogP) is 2.14. The van der Waals surface area contributed by atoms with Crippen molar-refractivity contribution in [1.82, 2.24) is 10.2 Å². The van der Waals surface area contributed by atoms with E-state index in [2.05, 4.69) is 37.1 Å².